The van der Waals surface area contributed by atoms with Crippen LogP contribution < -0.4 is 5.32 Å². The molecule has 0 aromatic carbocycles. The van der Waals surface area contributed by atoms with Gasteiger partial charge in [-0.15, -0.1) is 0 Å². The molecule has 0 spiro atoms. The third kappa shape index (κ3) is 3.91. The molecule has 19 heavy (non-hydrogen) atoms. The second kappa shape index (κ2) is 6.86. The van der Waals surface area contributed by atoms with E-state index in [0.717, 1.165) is 39.1 Å². The van der Waals surface area contributed by atoms with Gasteiger partial charge in [-0.25, -0.2) is 0 Å². The molecule has 2 saturated heterocycles. The molecule has 0 radical (unpaired) electrons. The Bertz CT molecular complexity index is 310. The van der Waals surface area contributed by atoms with E-state index >= 15 is 0 Å². The first-order valence-electron chi connectivity index (χ1n) is 7.12. The van der Waals surface area contributed by atoms with Gasteiger partial charge in [0, 0.05) is 64.8 Å². The van der Waals surface area contributed by atoms with Crippen LogP contribution in [0, 0.1) is 5.92 Å². The molecule has 1 N–H and O–H groups in total. The van der Waals surface area contributed by atoms with Crippen LogP contribution in [0.2, 0.25) is 0 Å². The van der Waals surface area contributed by atoms with Crippen molar-refractivity contribution in [2.24, 2.45) is 5.92 Å². The van der Waals surface area contributed by atoms with Gasteiger partial charge >= 0.3 is 0 Å². The lowest BCUT2D eigenvalue weighted by molar-refractivity contribution is -0.139. The van der Waals surface area contributed by atoms with Gasteiger partial charge in [0.25, 0.3) is 0 Å². The molecule has 0 bridgehead atoms. The van der Waals surface area contributed by atoms with Crippen molar-refractivity contribution in [1.82, 2.24) is 20.0 Å². The van der Waals surface area contributed by atoms with Crippen LogP contribution in [-0.2, 0) is 9.59 Å². The number of piperazine rings is 2. The highest BCUT2D eigenvalue weighted by atomic mass is 16.2. The van der Waals surface area contributed by atoms with E-state index in [1.54, 1.807) is 4.90 Å². The van der Waals surface area contributed by atoms with Gasteiger partial charge in [0.1, 0.15) is 0 Å². The molecule has 2 heterocycles. The first kappa shape index (κ1) is 14.3. The lowest BCUT2D eigenvalue weighted by Crippen LogP contribution is -2.52. The van der Waals surface area contributed by atoms with Crippen molar-refractivity contribution >= 4 is 12.3 Å². The molecular formula is C13H24N4O2. The summed E-state index contributed by atoms with van der Waals surface area (Å²) in [6.07, 6.45) is 0.867. The predicted octanol–water partition coefficient (Wildman–Crippen LogP) is -1.17. The lowest BCUT2D eigenvalue weighted by atomic mass is 10.1. The van der Waals surface area contributed by atoms with Crippen LogP contribution in [0.25, 0.3) is 0 Å². The van der Waals surface area contributed by atoms with Gasteiger partial charge in [-0.3, -0.25) is 9.59 Å². The molecule has 0 aromatic heterocycles. The number of carbonyl (C=O) groups is 2. The number of carbonyl (C=O) groups excluding carboxylic acids is 2. The molecule has 1 atom stereocenters. The number of amides is 2. The van der Waals surface area contributed by atoms with Crippen molar-refractivity contribution in [3.05, 3.63) is 0 Å². The van der Waals surface area contributed by atoms with E-state index in [0.29, 0.717) is 26.2 Å². The molecule has 0 aliphatic carbocycles. The van der Waals surface area contributed by atoms with E-state index in [1.165, 1.54) is 0 Å². The summed E-state index contributed by atoms with van der Waals surface area (Å²) in [4.78, 5) is 29.0. The minimum absolute atomic E-state index is 0.0425. The Morgan fingerprint density at radius 3 is 2.37 bits per heavy atom. The van der Waals surface area contributed by atoms with Crippen molar-refractivity contribution in [3.63, 3.8) is 0 Å². The zero-order chi connectivity index (χ0) is 13.7. The molecule has 2 amide bonds. The summed E-state index contributed by atoms with van der Waals surface area (Å²) in [6, 6.07) is 0. The maximum Gasteiger partial charge on any atom is 0.226 e. The van der Waals surface area contributed by atoms with E-state index in [9.17, 15) is 9.59 Å². The van der Waals surface area contributed by atoms with Gasteiger partial charge in [0.15, 0.2) is 0 Å². The molecular weight excluding hydrogens is 244 g/mol. The van der Waals surface area contributed by atoms with Crippen molar-refractivity contribution in [3.8, 4) is 0 Å². The van der Waals surface area contributed by atoms with Crippen LogP contribution in [0.3, 0.4) is 0 Å². The summed E-state index contributed by atoms with van der Waals surface area (Å²) in [5.74, 6) is 0.268. The van der Waals surface area contributed by atoms with Gasteiger partial charge in [-0.2, -0.15) is 0 Å². The Kier molecular flexibility index (Phi) is 5.15. The third-order valence-corrected chi connectivity index (χ3v) is 3.94. The summed E-state index contributed by atoms with van der Waals surface area (Å²) >= 11 is 0. The Labute approximate surface area is 114 Å². The highest BCUT2D eigenvalue weighted by Gasteiger charge is 2.25. The minimum atomic E-state index is 0.0425. The molecule has 6 nitrogen and oxygen atoms in total. The fourth-order valence-corrected chi connectivity index (χ4v) is 2.72. The second-order valence-corrected chi connectivity index (χ2v) is 5.42. The minimum Gasteiger partial charge on any atom is -0.342 e. The van der Waals surface area contributed by atoms with Gasteiger partial charge in [-0.1, -0.05) is 6.92 Å². The summed E-state index contributed by atoms with van der Waals surface area (Å²) < 4.78 is 0. The number of rotatable bonds is 4. The fourth-order valence-electron chi connectivity index (χ4n) is 2.72. The zero-order valence-electron chi connectivity index (χ0n) is 11.7. The van der Waals surface area contributed by atoms with Crippen LogP contribution in [-0.4, -0.2) is 85.9 Å². The maximum absolute atomic E-state index is 12.3. The summed E-state index contributed by atoms with van der Waals surface area (Å²) in [7, 11) is 0. The largest absolute Gasteiger partial charge is 0.342 e. The van der Waals surface area contributed by atoms with Gasteiger partial charge < -0.3 is 20.0 Å². The average molecular weight is 268 g/mol. The monoisotopic (exact) mass is 268 g/mol. The molecule has 6 heteroatoms. The summed E-state index contributed by atoms with van der Waals surface area (Å²) in [5.41, 5.74) is 0. The predicted molar refractivity (Wildman–Crippen MR) is 72.7 cm³/mol. The van der Waals surface area contributed by atoms with E-state index in [4.69, 9.17) is 0 Å². The Hall–Kier alpha value is -1.14. The van der Waals surface area contributed by atoms with Gasteiger partial charge in [0.05, 0.1) is 0 Å². The molecule has 2 aliphatic heterocycles. The fraction of sp³-hybridized carbons (Fsp3) is 0.846. The van der Waals surface area contributed by atoms with Crippen molar-refractivity contribution in [2.45, 2.75) is 6.92 Å². The van der Waals surface area contributed by atoms with Gasteiger partial charge in [-0.05, 0) is 0 Å². The van der Waals surface area contributed by atoms with Crippen LogP contribution >= 0.6 is 0 Å². The molecule has 2 rings (SSSR count). The smallest absolute Gasteiger partial charge is 0.226 e. The molecule has 0 saturated carbocycles. The molecule has 2 aliphatic rings. The van der Waals surface area contributed by atoms with Crippen LogP contribution in [0.5, 0.6) is 0 Å². The van der Waals surface area contributed by atoms with E-state index in [1.807, 2.05) is 11.8 Å². The number of nitrogens with one attached hydrogen (secondary N) is 1. The average Bonchev–Trinajstić information content (AvgIpc) is 2.47. The maximum atomic E-state index is 12.3. The summed E-state index contributed by atoms with van der Waals surface area (Å²) in [5, 5.41) is 3.32. The Balaban J connectivity index is 1.77. The quantitative estimate of drug-likeness (QED) is 0.653. The van der Waals surface area contributed by atoms with E-state index in [2.05, 4.69) is 10.2 Å². The molecule has 1 unspecified atom stereocenters. The molecule has 2 fully saturated rings. The standard InChI is InChI=1S/C13H24N4O2/c1-12(10-15-4-2-14-3-5-15)13(19)17-8-6-16(11-18)7-9-17/h11-12,14H,2-10H2,1H3. The zero-order valence-corrected chi connectivity index (χ0v) is 11.7. The lowest BCUT2D eigenvalue weighted by Gasteiger charge is -2.35. The number of hydrogen-bond donors (Lipinski definition) is 1. The first-order valence-corrected chi connectivity index (χ1v) is 7.12. The highest BCUT2D eigenvalue weighted by molar-refractivity contribution is 5.79. The first-order chi connectivity index (χ1) is 9.20. The Morgan fingerprint density at radius 1 is 1.16 bits per heavy atom. The second-order valence-electron chi connectivity index (χ2n) is 5.42. The van der Waals surface area contributed by atoms with Crippen LogP contribution in [0.1, 0.15) is 6.92 Å². The third-order valence-electron chi connectivity index (χ3n) is 3.94. The van der Waals surface area contributed by atoms with Crippen LogP contribution in [0.4, 0.5) is 0 Å². The number of hydrogen-bond acceptors (Lipinski definition) is 4. The van der Waals surface area contributed by atoms with E-state index in [-0.39, 0.29) is 11.8 Å². The van der Waals surface area contributed by atoms with Crippen molar-refractivity contribution in [2.75, 3.05) is 58.9 Å². The van der Waals surface area contributed by atoms with Crippen molar-refractivity contribution in [1.29, 1.82) is 0 Å². The topological polar surface area (TPSA) is 55.9 Å². The molecule has 0 aromatic rings. The normalized spacial score (nSPS) is 23.2. The Morgan fingerprint density at radius 2 is 1.79 bits per heavy atom. The SMILES string of the molecule is CC(CN1CCNCC1)C(=O)N1CCN(C=O)CC1. The molecule has 108 valence electrons. The summed E-state index contributed by atoms with van der Waals surface area (Å²) in [6.45, 7) is 9.59. The highest BCUT2D eigenvalue weighted by Crippen LogP contribution is 2.09. The van der Waals surface area contributed by atoms with Gasteiger partial charge in [0.2, 0.25) is 12.3 Å². The van der Waals surface area contributed by atoms with E-state index < -0.39 is 0 Å². The van der Waals surface area contributed by atoms with Crippen molar-refractivity contribution < 1.29 is 9.59 Å². The number of nitrogens with zero attached hydrogens (tertiary/aromatic N) is 3. The van der Waals surface area contributed by atoms with Crippen LogP contribution in [0.15, 0.2) is 0 Å².